The first-order valence-electron chi connectivity index (χ1n) is 10.7. The highest BCUT2D eigenvalue weighted by Gasteiger charge is 2.32. The monoisotopic (exact) mass is 415 g/mol. The fourth-order valence-corrected chi connectivity index (χ4v) is 3.91. The summed E-state index contributed by atoms with van der Waals surface area (Å²) < 4.78 is 11.3. The Bertz CT molecular complexity index is 907. The van der Waals surface area contributed by atoms with Gasteiger partial charge in [-0.3, -0.25) is 10.3 Å². The Morgan fingerprint density at radius 2 is 2.07 bits per heavy atom. The van der Waals surface area contributed by atoms with E-state index in [0.29, 0.717) is 34.1 Å². The van der Waals surface area contributed by atoms with Gasteiger partial charge in [-0.05, 0) is 38.8 Å². The number of aliphatic hydroxyl groups excluding tert-OH is 1. The summed E-state index contributed by atoms with van der Waals surface area (Å²) in [6.07, 6.45) is 3.89. The van der Waals surface area contributed by atoms with Crippen molar-refractivity contribution >= 4 is 22.6 Å². The summed E-state index contributed by atoms with van der Waals surface area (Å²) in [6, 6.07) is 5.83. The zero-order chi connectivity index (χ0) is 21.9. The van der Waals surface area contributed by atoms with Crippen molar-refractivity contribution in [1.82, 2.24) is 10.3 Å². The lowest BCUT2D eigenvalue weighted by Crippen LogP contribution is -2.48. The number of aromatic nitrogens is 1. The summed E-state index contributed by atoms with van der Waals surface area (Å²) >= 11 is 0. The molecule has 7 nitrogen and oxygen atoms in total. The Kier molecular flexibility index (Phi) is 6.83. The minimum atomic E-state index is -0.691. The zero-order valence-corrected chi connectivity index (χ0v) is 18.3. The van der Waals surface area contributed by atoms with Crippen LogP contribution in [0.25, 0.3) is 10.9 Å². The maximum atomic E-state index is 12.4. The van der Waals surface area contributed by atoms with Crippen LogP contribution in [0.15, 0.2) is 18.2 Å². The maximum absolute atomic E-state index is 12.4. The lowest BCUT2D eigenvalue weighted by atomic mass is 9.91. The highest BCUT2D eigenvalue weighted by molar-refractivity contribution is 6.07. The third kappa shape index (κ3) is 4.68. The number of nitrogens with one attached hydrogen (secondary N) is 1. The minimum Gasteiger partial charge on any atom is -0.492 e. The summed E-state index contributed by atoms with van der Waals surface area (Å²) in [7, 11) is 0. The lowest BCUT2D eigenvalue weighted by Gasteiger charge is -2.33. The van der Waals surface area contributed by atoms with Gasteiger partial charge in [0.1, 0.15) is 17.5 Å². The normalized spacial score (nSPS) is 16.0. The molecular formula is C23H33N3O4. The second-order valence-electron chi connectivity index (χ2n) is 8.68. The molecule has 0 bridgehead atoms. The minimum absolute atomic E-state index is 0.258. The number of anilines is 1. The van der Waals surface area contributed by atoms with E-state index < -0.39 is 17.6 Å². The number of pyridine rings is 1. The van der Waals surface area contributed by atoms with Gasteiger partial charge in [0.05, 0.1) is 35.5 Å². The molecule has 1 atom stereocenters. The summed E-state index contributed by atoms with van der Waals surface area (Å²) in [4.78, 5) is 16.9. The molecule has 0 aliphatic heterocycles. The number of aryl methyl sites for hydroxylation is 1. The Morgan fingerprint density at radius 1 is 1.37 bits per heavy atom. The molecule has 0 saturated heterocycles. The van der Waals surface area contributed by atoms with Gasteiger partial charge in [-0.15, -0.1) is 0 Å². The number of carbonyl (C=O) groups excluding carboxylic acids is 1. The van der Waals surface area contributed by atoms with Gasteiger partial charge in [0, 0.05) is 11.5 Å². The Labute approximate surface area is 178 Å². The average molecular weight is 416 g/mol. The third-order valence-corrected chi connectivity index (χ3v) is 5.76. The van der Waals surface area contributed by atoms with Crippen molar-refractivity contribution in [2.24, 2.45) is 5.41 Å². The van der Waals surface area contributed by atoms with Crippen molar-refractivity contribution in [3.63, 3.8) is 0 Å². The molecular weight excluding hydrogens is 382 g/mol. The number of aliphatic hydroxyl groups is 1. The van der Waals surface area contributed by atoms with E-state index in [9.17, 15) is 9.90 Å². The number of nitrogens with two attached hydrogens (primary N) is 1. The lowest BCUT2D eigenvalue weighted by molar-refractivity contribution is -0.0141. The van der Waals surface area contributed by atoms with Crippen molar-refractivity contribution in [1.29, 1.82) is 0 Å². The van der Waals surface area contributed by atoms with Crippen LogP contribution in [0.1, 0.15) is 62.5 Å². The second-order valence-corrected chi connectivity index (χ2v) is 8.68. The molecule has 164 valence electrons. The van der Waals surface area contributed by atoms with Crippen LogP contribution in [-0.4, -0.2) is 41.5 Å². The van der Waals surface area contributed by atoms with Crippen LogP contribution in [0.2, 0.25) is 0 Å². The first-order valence-corrected chi connectivity index (χ1v) is 10.7. The highest BCUT2D eigenvalue weighted by Crippen LogP contribution is 2.35. The SMILES string of the molecule is CCOC(=O)c1c(C)nc2cccc(OCC(C)(C)C(O)NC3CCCC3)c2c1N. The Morgan fingerprint density at radius 3 is 2.73 bits per heavy atom. The number of hydrogen-bond donors (Lipinski definition) is 3. The third-order valence-electron chi connectivity index (χ3n) is 5.76. The molecule has 7 heteroatoms. The summed E-state index contributed by atoms with van der Waals surface area (Å²) in [5, 5.41) is 14.6. The largest absolute Gasteiger partial charge is 0.492 e. The molecule has 2 aromatic rings. The first kappa shape index (κ1) is 22.3. The summed E-state index contributed by atoms with van der Waals surface area (Å²) in [5.74, 6) is 0.0393. The van der Waals surface area contributed by atoms with Gasteiger partial charge in [-0.25, -0.2) is 4.79 Å². The van der Waals surface area contributed by atoms with Gasteiger partial charge in [0.2, 0.25) is 0 Å². The number of ether oxygens (including phenoxy) is 2. The van der Waals surface area contributed by atoms with Crippen LogP contribution in [-0.2, 0) is 4.74 Å². The van der Waals surface area contributed by atoms with E-state index in [1.807, 2.05) is 26.0 Å². The quantitative estimate of drug-likeness (QED) is 0.447. The average Bonchev–Trinajstić information content (AvgIpc) is 3.19. The standard InChI is InChI=1S/C23H33N3O4/c1-5-29-21(27)18-14(2)25-16-11-8-12-17(19(16)20(18)24)30-13-23(3,4)22(28)26-15-9-6-7-10-15/h8,11-12,15,22,26,28H,5-7,9-10,13H2,1-4H3,(H2,24,25). The molecule has 0 radical (unpaired) electrons. The molecule has 1 aliphatic rings. The van der Waals surface area contributed by atoms with E-state index in [-0.39, 0.29) is 18.8 Å². The predicted octanol–water partition coefficient (Wildman–Crippen LogP) is 3.56. The fraction of sp³-hybridized carbons (Fsp3) is 0.565. The smallest absolute Gasteiger partial charge is 0.342 e. The molecule has 1 aliphatic carbocycles. The predicted molar refractivity (Wildman–Crippen MR) is 118 cm³/mol. The van der Waals surface area contributed by atoms with Gasteiger partial charge >= 0.3 is 5.97 Å². The van der Waals surface area contributed by atoms with Gasteiger partial charge in [-0.1, -0.05) is 32.8 Å². The fourth-order valence-electron chi connectivity index (χ4n) is 3.91. The molecule has 1 aromatic carbocycles. The Balaban J connectivity index is 1.84. The molecule has 1 heterocycles. The van der Waals surface area contributed by atoms with Crippen LogP contribution in [0, 0.1) is 12.3 Å². The zero-order valence-electron chi connectivity index (χ0n) is 18.3. The molecule has 1 aromatic heterocycles. The summed E-state index contributed by atoms with van der Waals surface area (Å²) in [5.41, 5.74) is 7.59. The van der Waals surface area contributed by atoms with Gasteiger partial charge in [0.15, 0.2) is 0 Å². The van der Waals surface area contributed by atoms with E-state index in [1.165, 1.54) is 12.8 Å². The van der Waals surface area contributed by atoms with Gasteiger partial charge in [0.25, 0.3) is 0 Å². The van der Waals surface area contributed by atoms with Gasteiger partial charge < -0.3 is 20.3 Å². The van der Waals surface area contributed by atoms with Crippen molar-refractivity contribution < 1.29 is 19.4 Å². The number of fused-ring (bicyclic) bond motifs is 1. The molecule has 0 amide bonds. The summed E-state index contributed by atoms with van der Waals surface area (Å²) in [6.45, 7) is 7.94. The van der Waals surface area contributed by atoms with E-state index in [0.717, 1.165) is 12.8 Å². The number of nitrogen functional groups attached to an aromatic ring is 1. The molecule has 3 rings (SSSR count). The van der Waals surface area contributed by atoms with Crippen LogP contribution in [0.4, 0.5) is 5.69 Å². The molecule has 30 heavy (non-hydrogen) atoms. The number of hydrogen-bond acceptors (Lipinski definition) is 7. The van der Waals surface area contributed by atoms with Crippen LogP contribution >= 0.6 is 0 Å². The van der Waals surface area contributed by atoms with Crippen LogP contribution in [0.5, 0.6) is 5.75 Å². The number of rotatable bonds is 8. The number of nitrogens with zero attached hydrogens (tertiary/aromatic N) is 1. The number of carbonyl (C=O) groups is 1. The van der Waals surface area contributed by atoms with Crippen molar-refractivity contribution in [2.45, 2.75) is 65.6 Å². The molecule has 4 N–H and O–H groups in total. The molecule has 1 saturated carbocycles. The molecule has 1 unspecified atom stereocenters. The number of esters is 1. The topological polar surface area (TPSA) is 107 Å². The van der Waals surface area contributed by atoms with E-state index in [2.05, 4.69) is 10.3 Å². The van der Waals surface area contributed by atoms with E-state index >= 15 is 0 Å². The second kappa shape index (κ2) is 9.18. The van der Waals surface area contributed by atoms with Crippen LogP contribution < -0.4 is 15.8 Å². The maximum Gasteiger partial charge on any atom is 0.342 e. The number of benzene rings is 1. The van der Waals surface area contributed by atoms with Crippen molar-refractivity contribution in [3.05, 3.63) is 29.5 Å². The van der Waals surface area contributed by atoms with Gasteiger partial charge in [-0.2, -0.15) is 0 Å². The highest BCUT2D eigenvalue weighted by atomic mass is 16.5. The Hall–Kier alpha value is -2.38. The van der Waals surface area contributed by atoms with Crippen LogP contribution in [0.3, 0.4) is 0 Å². The van der Waals surface area contributed by atoms with E-state index in [4.69, 9.17) is 15.2 Å². The molecule has 1 fully saturated rings. The van der Waals surface area contributed by atoms with Crippen molar-refractivity contribution in [2.75, 3.05) is 18.9 Å². The molecule has 0 spiro atoms. The van der Waals surface area contributed by atoms with Crippen molar-refractivity contribution in [3.8, 4) is 5.75 Å². The first-order chi connectivity index (χ1) is 14.2. The van der Waals surface area contributed by atoms with E-state index in [1.54, 1.807) is 19.9 Å².